The Morgan fingerprint density at radius 2 is 1.57 bits per heavy atom. The first-order chi connectivity index (χ1) is 13.6. The highest BCUT2D eigenvalue weighted by Crippen LogP contribution is 2.10. The number of aliphatic imine (C=N–C) groups is 1. The molecule has 142 valence electrons. The minimum Gasteiger partial charge on any atom is -0.366 e. The lowest BCUT2D eigenvalue weighted by Gasteiger charge is -2.13. The van der Waals surface area contributed by atoms with Crippen molar-refractivity contribution in [3.05, 3.63) is 101 Å². The van der Waals surface area contributed by atoms with Crippen LogP contribution in [-0.2, 0) is 13.1 Å². The number of hydrogen-bond donors (Lipinski definition) is 3. The van der Waals surface area contributed by atoms with E-state index in [-0.39, 0.29) is 0 Å². The fourth-order valence-electron chi connectivity index (χ4n) is 2.64. The quantitative estimate of drug-likeness (QED) is 0.454. The Hall–Kier alpha value is -3.60. The Labute approximate surface area is 165 Å². The van der Waals surface area contributed by atoms with E-state index in [1.165, 1.54) is 5.56 Å². The summed E-state index contributed by atoms with van der Waals surface area (Å²) in [4.78, 5) is 15.9. The highest BCUT2D eigenvalue weighted by atomic mass is 16.1. The molecule has 4 N–H and O–H groups in total. The van der Waals surface area contributed by atoms with Crippen molar-refractivity contribution in [3.63, 3.8) is 0 Å². The first-order valence-electron chi connectivity index (χ1n) is 9.15. The third-order valence-corrected chi connectivity index (χ3v) is 4.28. The first-order valence-corrected chi connectivity index (χ1v) is 9.15. The van der Waals surface area contributed by atoms with Gasteiger partial charge < -0.3 is 16.4 Å². The van der Waals surface area contributed by atoms with Gasteiger partial charge in [-0.05, 0) is 42.3 Å². The molecule has 3 aromatic carbocycles. The standard InChI is InChI=1S/C23H24N4O/c1-17-7-13-21(14-8-17)27-23(25-15-18-5-3-2-4-6-18)26-16-19-9-11-20(12-10-19)22(24)28/h2-14H,15-16H2,1H3,(H2,24,28)(H2,25,26,27). The van der Waals surface area contributed by atoms with Gasteiger partial charge in [-0.25, -0.2) is 4.99 Å². The van der Waals surface area contributed by atoms with E-state index in [1.54, 1.807) is 12.1 Å². The number of rotatable bonds is 6. The van der Waals surface area contributed by atoms with Crippen molar-refractivity contribution in [1.29, 1.82) is 0 Å². The topological polar surface area (TPSA) is 79.5 Å². The lowest BCUT2D eigenvalue weighted by atomic mass is 10.1. The molecule has 1 amide bonds. The maximum atomic E-state index is 11.2. The molecular formula is C23H24N4O. The minimum absolute atomic E-state index is 0.425. The molecule has 3 aromatic rings. The van der Waals surface area contributed by atoms with Crippen molar-refractivity contribution in [2.75, 3.05) is 5.32 Å². The van der Waals surface area contributed by atoms with Gasteiger partial charge in [0.05, 0.1) is 6.54 Å². The van der Waals surface area contributed by atoms with Gasteiger partial charge in [-0.2, -0.15) is 0 Å². The molecular weight excluding hydrogens is 348 g/mol. The van der Waals surface area contributed by atoms with Crippen molar-refractivity contribution in [3.8, 4) is 0 Å². The molecule has 0 aliphatic rings. The normalized spacial score (nSPS) is 11.1. The molecule has 0 aliphatic carbocycles. The summed E-state index contributed by atoms with van der Waals surface area (Å²) in [5.74, 6) is 0.261. The van der Waals surface area contributed by atoms with Crippen LogP contribution in [0.15, 0.2) is 83.9 Å². The lowest BCUT2D eigenvalue weighted by molar-refractivity contribution is 0.100. The van der Waals surface area contributed by atoms with Crippen molar-refractivity contribution in [2.45, 2.75) is 20.0 Å². The molecule has 0 spiro atoms. The second-order valence-electron chi connectivity index (χ2n) is 6.56. The Morgan fingerprint density at radius 3 is 2.21 bits per heavy atom. The summed E-state index contributed by atoms with van der Waals surface area (Å²) in [6, 6.07) is 25.5. The molecule has 0 aliphatic heterocycles. The molecule has 3 rings (SSSR count). The number of nitrogens with one attached hydrogen (secondary N) is 2. The highest BCUT2D eigenvalue weighted by Gasteiger charge is 2.03. The zero-order valence-electron chi connectivity index (χ0n) is 15.9. The molecule has 0 heterocycles. The number of guanidine groups is 1. The van der Waals surface area contributed by atoms with E-state index in [4.69, 9.17) is 10.7 Å². The van der Waals surface area contributed by atoms with Crippen LogP contribution >= 0.6 is 0 Å². The summed E-state index contributed by atoms with van der Waals surface area (Å²) in [7, 11) is 0. The van der Waals surface area contributed by atoms with E-state index in [2.05, 4.69) is 41.8 Å². The Bertz CT molecular complexity index is 933. The predicted octanol–water partition coefficient (Wildman–Crippen LogP) is 3.85. The summed E-state index contributed by atoms with van der Waals surface area (Å²) < 4.78 is 0. The number of hydrogen-bond acceptors (Lipinski definition) is 2. The van der Waals surface area contributed by atoms with Crippen LogP contribution in [0.2, 0.25) is 0 Å². The molecule has 0 fully saturated rings. The minimum atomic E-state index is -0.425. The average Bonchev–Trinajstić information content (AvgIpc) is 2.72. The summed E-state index contributed by atoms with van der Waals surface area (Å²) in [5.41, 5.74) is 10.1. The maximum absolute atomic E-state index is 11.2. The fourth-order valence-corrected chi connectivity index (χ4v) is 2.64. The van der Waals surface area contributed by atoms with Gasteiger partial charge in [0.2, 0.25) is 5.91 Å². The van der Waals surface area contributed by atoms with Gasteiger partial charge in [-0.1, -0.05) is 60.2 Å². The maximum Gasteiger partial charge on any atom is 0.248 e. The summed E-state index contributed by atoms with van der Waals surface area (Å²) >= 11 is 0. The average molecular weight is 372 g/mol. The van der Waals surface area contributed by atoms with Gasteiger partial charge in [0, 0.05) is 17.8 Å². The van der Waals surface area contributed by atoms with Crippen molar-refractivity contribution in [1.82, 2.24) is 5.32 Å². The zero-order chi connectivity index (χ0) is 19.8. The van der Waals surface area contributed by atoms with Gasteiger partial charge >= 0.3 is 0 Å². The van der Waals surface area contributed by atoms with Crippen LogP contribution in [0.4, 0.5) is 5.69 Å². The van der Waals surface area contributed by atoms with Crippen molar-refractivity contribution < 1.29 is 4.79 Å². The Balaban J connectivity index is 1.71. The van der Waals surface area contributed by atoms with Gasteiger partial charge in [0.1, 0.15) is 0 Å². The second kappa shape index (κ2) is 9.37. The first kappa shape index (κ1) is 19.2. The number of aryl methyl sites for hydroxylation is 1. The van der Waals surface area contributed by atoms with E-state index in [1.807, 2.05) is 42.5 Å². The van der Waals surface area contributed by atoms with Gasteiger partial charge in [0.15, 0.2) is 5.96 Å². The number of anilines is 1. The van der Waals surface area contributed by atoms with E-state index in [0.717, 1.165) is 16.8 Å². The smallest absolute Gasteiger partial charge is 0.248 e. The molecule has 0 saturated heterocycles. The van der Waals surface area contributed by atoms with Gasteiger partial charge in [-0.15, -0.1) is 0 Å². The van der Waals surface area contributed by atoms with E-state index in [9.17, 15) is 4.79 Å². The predicted molar refractivity (Wildman–Crippen MR) is 114 cm³/mol. The van der Waals surface area contributed by atoms with E-state index in [0.29, 0.717) is 24.6 Å². The van der Waals surface area contributed by atoms with Gasteiger partial charge in [-0.3, -0.25) is 4.79 Å². The molecule has 0 radical (unpaired) electrons. The molecule has 0 atom stereocenters. The number of primary amides is 1. The highest BCUT2D eigenvalue weighted by molar-refractivity contribution is 5.94. The molecule has 0 bridgehead atoms. The SMILES string of the molecule is Cc1ccc(NC(=NCc2ccccc2)NCc2ccc(C(N)=O)cc2)cc1. The Kier molecular flexibility index (Phi) is 6.41. The third-order valence-electron chi connectivity index (χ3n) is 4.28. The van der Waals surface area contributed by atoms with Crippen LogP contribution in [0.25, 0.3) is 0 Å². The molecule has 0 aromatic heterocycles. The van der Waals surface area contributed by atoms with Crippen LogP contribution in [-0.4, -0.2) is 11.9 Å². The van der Waals surface area contributed by atoms with Crippen LogP contribution in [0.1, 0.15) is 27.0 Å². The van der Waals surface area contributed by atoms with Crippen LogP contribution in [0.3, 0.4) is 0 Å². The summed E-state index contributed by atoms with van der Waals surface area (Å²) in [6.45, 7) is 3.20. The zero-order valence-corrected chi connectivity index (χ0v) is 15.9. The monoisotopic (exact) mass is 372 g/mol. The largest absolute Gasteiger partial charge is 0.366 e. The van der Waals surface area contributed by atoms with Crippen LogP contribution in [0.5, 0.6) is 0 Å². The number of amides is 1. The number of carbonyl (C=O) groups is 1. The Morgan fingerprint density at radius 1 is 0.893 bits per heavy atom. The van der Waals surface area contributed by atoms with Crippen LogP contribution < -0.4 is 16.4 Å². The molecule has 28 heavy (non-hydrogen) atoms. The van der Waals surface area contributed by atoms with E-state index < -0.39 is 5.91 Å². The van der Waals surface area contributed by atoms with Gasteiger partial charge in [0.25, 0.3) is 0 Å². The van der Waals surface area contributed by atoms with Crippen molar-refractivity contribution >= 4 is 17.6 Å². The lowest BCUT2D eigenvalue weighted by Crippen LogP contribution is -2.30. The number of nitrogens with two attached hydrogens (primary N) is 1. The molecule has 0 saturated carbocycles. The molecule has 0 unspecified atom stereocenters. The number of benzene rings is 3. The molecule has 5 heteroatoms. The summed E-state index contributed by atoms with van der Waals surface area (Å²) in [6.07, 6.45) is 0. The second-order valence-corrected chi connectivity index (χ2v) is 6.56. The molecule has 5 nitrogen and oxygen atoms in total. The third kappa shape index (κ3) is 5.71. The summed E-state index contributed by atoms with van der Waals surface area (Å²) in [5, 5.41) is 6.68. The number of carbonyl (C=O) groups excluding carboxylic acids is 1. The number of nitrogens with zero attached hydrogens (tertiary/aromatic N) is 1. The van der Waals surface area contributed by atoms with Crippen LogP contribution in [0, 0.1) is 6.92 Å². The van der Waals surface area contributed by atoms with E-state index >= 15 is 0 Å². The van der Waals surface area contributed by atoms with Crippen molar-refractivity contribution in [2.24, 2.45) is 10.7 Å². The fraction of sp³-hybridized carbons (Fsp3) is 0.130.